The molecule has 1 amide bonds. The lowest BCUT2D eigenvalue weighted by Gasteiger charge is -2.21. The second kappa shape index (κ2) is 5.82. The van der Waals surface area contributed by atoms with Gasteiger partial charge in [0.25, 0.3) is 0 Å². The van der Waals surface area contributed by atoms with Gasteiger partial charge in [0, 0.05) is 12.4 Å². The number of carbonyl (C=O) groups is 1. The van der Waals surface area contributed by atoms with E-state index in [0.29, 0.717) is 0 Å². The number of hydrogen-bond acceptors (Lipinski definition) is 1. The Hall–Kier alpha value is -1.23. The Morgan fingerprint density at radius 1 is 1.26 bits per heavy atom. The van der Waals surface area contributed by atoms with Crippen LogP contribution < -0.4 is 5.32 Å². The Bertz CT molecular complexity index is 457. The Kier molecular flexibility index (Phi) is 4.85. The molecule has 0 aromatic heterocycles. The van der Waals surface area contributed by atoms with Gasteiger partial charge in [-0.2, -0.15) is 13.2 Å². The summed E-state index contributed by atoms with van der Waals surface area (Å²) in [4.78, 5) is 11.8. The van der Waals surface area contributed by atoms with Crippen molar-refractivity contribution in [1.82, 2.24) is 5.32 Å². The molecule has 0 radical (unpaired) electrons. The molecule has 0 unspecified atom stereocenters. The molecule has 0 saturated heterocycles. The monoisotopic (exact) mass is 293 g/mol. The van der Waals surface area contributed by atoms with Crippen LogP contribution in [0.3, 0.4) is 0 Å². The molecule has 0 atom stereocenters. The van der Waals surface area contributed by atoms with E-state index in [1.165, 1.54) is 18.2 Å². The number of hydrogen-bond donors (Lipinski definition) is 1. The van der Waals surface area contributed by atoms with Crippen molar-refractivity contribution in [3.8, 4) is 0 Å². The van der Waals surface area contributed by atoms with Crippen LogP contribution in [0.15, 0.2) is 24.3 Å². The summed E-state index contributed by atoms with van der Waals surface area (Å²) >= 11 is 5.63. The van der Waals surface area contributed by atoms with Crippen LogP contribution in [0, 0.1) is 5.41 Å². The van der Waals surface area contributed by atoms with E-state index in [4.69, 9.17) is 11.6 Å². The average Bonchev–Trinajstić information content (AvgIpc) is 2.35. The standard InChI is InChI=1S/C13H15ClF3NO/c1-12(2,8-14)11(19)18-7-9-5-3-4-6-10(9)13(15,16)17/h3-6H,7-8H2,1-2H3,(H,18,19). The van der Waals surface area contributed by atoms with Crippen LogP contribution in [0.5, 0.6) is 0 Å². The van der Waals surface area contributed by atoms with Crippen LogP contribution in [0.25, 0.3) is 0 Å². The number of halogens is 4. The Balaban J connectivity index is 2.82. The molecule has 6 heteroatoms. The van der Waals surface area contributed by atoms with Gasteiger partial charge in [-0.25, -0.2) is 0 Å². The van der Waals surface area contributed by atoms with E-state index in [0.717, 1.165) is 6.07 Å². The topological polar surface area (TPSA) is 29.1 Å². The third-order valence-electron chi connectivity index (χ3n) is 2.71. The van der Waals surface area contributed by atoms with E-state index in [-0.39, 0.29) is 23.9 Å². The second-order valence-corrected chi connectivity index (χ2v) is 5.12. The summed E-state index contributed by atoms with van der Waals surface area (Å²) in [6.07, 6.45) is -4.43. The first kappa shape index (κ1) is 15.8. The van der Waals surface area contributed by atoms with Crippen LogP contribution in [-0.4, -0.2) is 11.8 Å². The molecule has 0 saturated carbocycles. The van der Waals surface area contributed by atoms with Crippen molar-refractivity contribution < 1.29 is 18.0 Å². The van der Waals surface area contributed by atoms with Crippen LogP contribution in [0.1, 0.15) is 25.0 Å². The molecule has 0 spiro atoms. The van der Waals surface area contributed by atoms with Crippen LogP contribution in [0.2, 0.25) is 0 Å². The Morgan fingerprint density at radius 3 is 2.37 bits per heavy atom. The highest BCUT2D eigenvalue weighted by Gasteiger charge is 2.33. The van der Waals surface area contributed by atoms with E-state index in [1.54, 1.807) is 13.8 Å². The van der Waals surface area contributed by atoms with Crippen molar-refractivity contribution in [3.63, 3.8) is 0 Å². The summed E-state index contributed by atoms with van der Waals surface area (Å²) in [5.74, 6) is -0.279. The SMILES string of the molecule is CC(C)(CCl)C(=O)NCc1ccccc1C(F)(F)F. The van der Waals surface area contributed by atoms with Crippen LogP contribution >= 0.6 is 11.6 Å². The summed E-state index contributed by atoms with van der Waals surface area (Å²) in [6.45, 7) is 3.09. The van der Waals surface area contributed by atoms with Crippen LogP contribution in [-0.2, 0) is 17.5 Å². The third kappa shape index (κ3) is 4.13. The molecule has 2 nitrogen and oxygen atoms in total. The minimum atomic E-state index is -4.43. The minimum absolute atomic E-state index is 0.0359. The molecule has 0 aliphatic carbocycles. The molecule has 1 aromatic carbocycles. The van der Waals surface area contributed by atoms with E-state index in [2.05, 4.69) is 5.32 Å². The lowest BCUT2D eigenvalue weighted by Crippen LogP contribution is -2.38. The van der Waals surface area contributed by atoms with Gasteiger partial charge in [0.15, 0.2) is 0 Å². The van der Waals surface area contributed by atoms with E-state index in [9.17, 15) is 18.0 Å². The predicted molar refractivity (Wildman–Crippen MR) is 67.8 cm³/mol. The van der Waals surface area contributed by atoms with Crippen molar-refractivity contribution in [2.75, 3.05) is 5.88 Å². The summed E-state index contributed by atoms with van der Waals surface area (Å²) in [7, 11) is 0. The molecule has 0 fully saturated rings. The lowest BCUT2D eigenvalue weighted by molar-refractivity contribution is -0.138. The molecule has 19 heavy (non-hydrogen) atoms. The van der Waals surface area contributed by atoms with Crippen molar-refractivity contribution in [1.29, 1.82) is 0 Å². The average molecular weight is 294 g/mol. The smallest absolute Gasteiger partial charge is 0.352 e. The van der Waals surface area contributed by atoms with E-state index < -0.39 is 17.2 Å². The first-order chi connectivity index (χ1) is 8.68. The first-order valence-electron chi connectivity index (χ1n) is 5.68. The maximum absolute atomic E-state index is 12.7. The third-order valence-corrected chi connectivity index (χ3v) is 3.38. The van der Waals surface area contributed by atoms with Gasteiger partial charge in [0.2, 0.25) is 5.91 Å². The van der Waals surface area contributed by atoms with Crippen molar-refractivity contribution in [2.45, 2.75) is 26.6 Å². The number of benzene rings is 1. The summed E-state index contributed by atoms with van der Waals surface area (Å²) in [5, 5.41) is 2.48. The molecule has 0 heterocycles. The highest BCUT2D eigenvalue weighted by Crippen LogP contribution is 2.31. The fourth-order valence-corrected chi connectivity index (χ4v) is 1.55. The molecule has 1 rings (SSSR count). The highest BCUT2D eigenvalue weighted by molar-refractivity contribution is 6.19. The van der Waals surface area contributed by atoms with Crippen molar-refractivity contribution in [2.24, 2.45) is 5.41 Å². The fourth-order valence-electron chi connectivity index (χ4n) is 1.43. The fraction of sp³-hybridized carbons (Fsp3) is 0.462. The predicted octanol–water partition coefficient (Wildman–Crippen LogP) is 3.59. The maximum Gasteiger partial charge on any atom is 0.416 e. The van der Waals surface area contributed by atoms with Crippen LogP contribution in [0.4, 0.5) is 13.2 Å². The number of nitrogens with one attached hydrogen (secondary N) is 1. The normalized spacial score (nSPS) is 12.3. The van der Waals surface area contributed by atoms with Gasteiger partial charge in [-0.3, -0.25) is 4.79 Å². The summed E-state index contributed by atoms with van der Waals surface area (Å²) in [5.41, 5.74) is -1.51. The highest BCUT2D eigenvalue weighted by atomic mass is 35.5. The van der Waals surface area contributed by atoms with Gasteiger partial charge in [0.05, 0.1) is 11.0 Å². The molecule has 1 N–H and O–H groups in total. The number of amides is 1. The number of carbonyl (C=O) groups excluding carboxylic acids is 1. The maximum atomic E-state index is 12.7. The molecular weight excluding hydrogens is 279 g/mol. The van der Waals surface area contributed by atoms with Gasteiger partial charge in [-0.1, -0.05) is 18.2 Å². The number of rotatable bonds is 4. The van der Waals surface area contributed by atoms with Gasteiger partial charge >= 0.3 is 6.18 Å². The Labute approximate surface area is 114 Å². The molecule has 0 aliphatic heterocycles. The summed E-state index contributed by atoms with van der Waals surface area (Å²) < 4.78 is 38.2. The molecular formula is C13H15ClF3NO. The van der Waals surface area contributed by atoms with Gasteiger partial charge < -0.3 is 5.32 Å². The molecule has 0 bridgehead atoms. The second-order valence-electron chi connectivity index (χ2n) is 4.86. The summed E-state index contributed by atoms with van der Waals surface area (Å²) in [6, 6.07) is 5.16. The van der Waals surface area contributed by atoms with Gasteiger partial charge in [-0.15, -0.1) is 11.6 Å². The Morgan fingerprint density at radius 2 is 1.84 bits per heavy atom. The largest absolute Gasteiger partial charge is 0.416 e. The zero-order valence-corrected chi connectivity index (χ0v) is 11.4. The minimum Gasteiger partial charge on any atom is -0.352 e. The molecule has 1 aromatic rings. The van der Waals surface area contributed by atoms with Crippen molar-refractivity contribution in [3.05, 3.63) is 35.4 Å². The quantitative estimate of drug-likeness (QED) is 0.845. The van der Waals surface area contributed by atoms with Gasteiger partial charge in [0.1, 0.15) is 0 Å². The zero-order chi connectivity index (χ0) is 14.7. The lowest BCUT2D eigenvalue weighted by atomic mass is 9.95. The van der Waals surface area contributed by atoms with Crippen molar-refractivity contribution >= 4 is 17.5 Å². The van der Waals surface area contributed by atoms with E-state index >= 15 is 0 Å². The van der Waals surface area contributed by atoms with E-state index in [1.807, 2.05) is 0 Å². The first-order valence-corrected chi connectivity index (χ1v) is 6.21. The molecule has 0 aliphatic rings. The zero-order valence-electron chi connectivity index (χ0n) is 10.6. The number of alkyl halides is 4. The van der Waals surface area contributed by atoms with Gasteiger partial charge in [-0.05, 0) is 25.5 Å². The molecule has 106 valence electrons.